The number of carbonyl (C=O) groups is 1. The largest absolute Gasteiger partial charge is 0.416 e. The molecule has 0 aliphatic carbocycles. The van der Waals surface area contributed by atoms with E-state index in [-0.39, 0.29) is 29.8 Å². The smallest absolute Gasteiger partial charge is 0.308 e. The Kier molecular flexibility index (Phi) is 4.21. The Labute approximate surface area is 158 Å². The van der Waals surface area contributed by atoms with Crippen molar-refractivity contribution in [1.82, 2.24) is 9.38 Å². The Hall–Kier alpha value is -3.16. The van der Waals surface area contributed by atoms with Crippen LogP contribution in [0.2, 0.25) is 0 Å². The third kappa shape index (κ3) is 2.94. The lowest BCUT2D eigenvalue weighted by molar-refractivity contribution is -0.138. The first-order valence-electron chi connectivity index (χ1n) is 8.76. The molecule has 1 aliphatic rings. The molecule has 3 heterocycles. The van der Waals surface area contributed by atoms with Gasteiger partial charge in [-0.25, -0.2) is 4.98 Å². The number of rotatable bonds is 1. The first kappa shape index (κ1) is 18.2. The van der Waals surface area contributed by atoms with Crippen molar-refractivity contribution < 1.29 is 18.0 Å². The Morgan fingerprint density at radius 3 is 2.71 bits per heavy atom. The molecule has 2 aromatic heterocycles. The second-order valence-electron chi connectivity index (χ2n) is 6.77. The molecule has 0 saturated heterocycles. The number of nitrogens with zero attached hydrogens (tertiary/aromatic N) is 3. The van der Waals surface area contributed by atoms with Gasteiger partial charge in [0.05, 0.1) is 5.56 Å². The fourth-order valence-corrected chi connectivity index (χ4v) is 3.58. The van der Waals surface area contributed by atoms with E-state index in [1.54, 1.807) is 25.3 Å². The quantitative estimate of drug-likeness (QED) is 0.641. The summed E-state index contributed by atoms with van der Waals surface area (Å²) in [5.41, 5.74) is 0.0291. The first-order chi connectivity index (χ1) is 13.3. The maximum absolute atomic E-state index is 13.3. The summed E-state index contributed by atoms with van der Waals surface area (Å²) in [6.07, 6.45) is -1.13. The van der Waals surface area contributed by atoms with Crippen molar-refractivity contribution >= 4 is 17.2 Å². The van der Waals surface area contributed by atoms with E-state index in [4.69, 9.17) is 0 Å². The van der Waals surface area contributed by atoms with E-state index >= 15 is 0 Å². The van der Waals surface area contributed by atoms with Crippen LogP contribution in [-0.2, 0) is 12.6 Å². The third-order valence-electron chi connectivity index (χ3n) is 4.88. The topological polar surface area (TPSA) is 54.7 Å². The van der Waals surface area contributed by atoms with Gasteiger partial charge in [0.25, 0.3) is 11.5 Å². The summed E-state index contributed by atoms with van der Waals surface area (Å²) in [7, 11) is 0. The van der Waals surface area contributed by atoms with E-state index in [0.717, 1.165) is 11.6 Å². The molecular formula is C20H16F3N3O2. The zero-order chi connectivity index (χ0) is 20.1. The fourth-order valence-electron chi connectivity index (χ4n) is 3.58. The molecule has 0 radical (unpaired) electrons. The van der Waals surface area contributed by atoms with E-state index in [9.17, 15) is 22.8 Å². The van der Waals surface area contributed by atoms with Crippen LogP contribution in [0, 0.1) is 6.92 Å². The molecule has 8 heteroatoms. The third-order valence-corrected chi connectivity index (χ3v) is 4.88. The molecule has 1 aliphatic heterocycles. The molecule has 0 spiro atoms. The van der Waals surface area contributed by atoms with Crippen LogP contribution in [0.4, 0.5) is 18.9 Å². The SMILES string of the molecule is Cc1ccc2ncc(C(=O)N3CCCc4c3cccc4C(F)(F)F)c(=O)n2c1. The van der Waals surface area contributed by atoms with Crippen LogP contribution in [0.15, 0.2) is 47.5 Å². The van der Waals surface area contributed by atoms with Gasteiger partial charge in [0.1, 0.15) is 11.2 Å². The summed E-state index contributed by atoms with van der Waals surface area (Å²) in [5.74, 6) is -0.645. The van der Waals surface area contributed by atoms with Gasteiger partial charge in [-0.2, -0.15) is 13.2 Å². The monoisotopic (exact) mass is 387 g/mol. The Balaban J connectivity index is 1.82. The van der Waals surface area contributed by atoms with Gasteiger partial charge in [0.15, 0.2) is 0 Å². The summed E-state index contributed by atoms with van der Waals surface area (Å²) >= 11 is 0. The average molecular weight is 387 g/mol. The van der Waals surface area contributed by atoms with Crippen LogP contribution >= 0.6 is 0 Å². The summed E-state index contributed by atoms with van der Waals surface area (Å²) in [6, 6.07) is 7.24. The molecule has 1 amide bonds. The minimum absolute atomic E-state index is 0.0827. The second-order valence-corrected chi connectivity index (χ2v) is 6.77. The van der Waals surface area contributed by atoms with E-state index < -0.39 is 23.2 Å². The lowest BCUT2D eigenvalue weighted by Crippen LogP contribution is -2.39. The van der Waals surface area contributed by atoms with Gasteiger partial charge in [-0.05, 0) is 49.1 Å². The predicted molar refractivity (Wildman–Crippen MR) is 97.6 cm³/mol. The highest BCUT2D eigenvalue weighted by Gasteiger charge is 2.37. The van der Waals surface area contributed by atoms with Crippen molar-refractivity contribution in [2.24, 2.45) is 0 Å². The van der Waals surface area contributed by atoms with Gasteiger partial charge in [-0.1, -0.05) is 12.1 Å². The minimum Gasteiger partial charge on any atom is -0.308 e. The molecule has 5 nitrogen and oxygen atoms in total. The molecule has 0 fully saturated rings. The molecule has 3 aromatic rings. The zero-order valence-corrected chi connectivity index (χ0v) is 15.0. The number of hydrogen-bond acceptors (Lipinski definition) is 3. The lowest BCUT2D eigenvalue weighted by atomic mass is 9.95. The number of alkyl halides is 3. The van der Waals surface area contributed by atoms with Crippen LogP contribution in [0.1, 0.15) is 33.5 Å². The Bertz CT molecular complexity index is 1150. The molecule has 0 saturated carbocycles. The molecule has 144 valence electrons. The summed E-state index contributed by atoms with van der Waals surface area (Å²) < 4.78 is 41.3. The van der Waals surface area contributed by atoms with Crippen molar-refractivity contribution in [2.75, 3.05) is 11.4 Å². The molecule has 0 atom stereocenters. The number of aryl methyl sites for hydroxylation is 1. The average Bonchev–Trinajstić information content (AvgIpc) is 2.66. The number of fused-ring (bicyclic) bond motifs is 2. The van der Waals surface area contributed by atoms with Gasteiger partial charge >= 0.3 is 6.18 Å². The number of benzene rings is 1. The van der Waals surface area contributed by atoms with Crippen LogP contribution in [0.5, 0.6) is 0 Å². The van der Waals surface area contributed by atoms with E-state index in [0.29, 0.717) is 12.1 Å². The highest BCUT2D eigenvalue weighted by atomic mass is 19.4. The first-order valence-corrected chi connectivity index (χ1v) is 8.76. The number of pyridine rings is 1. The summed E-state index contributed by atoms with van der Waals surface area (Å²) in [6.45, 7) is 2.04. The number of aromatic nitrogens is 2. The summed E-state index contributed by atoms with van der Waals surface area (Å²) in [4.78, 5) is 31.3. The maximum Gasteiger partial charge on any atom is 0.416 e. The second kappa shape index (κ2) is 6.47. The number of halogens is 3. The molecule has 0 unspecified atom stereocenters. The molecule has 1 aromatic carbocycles. The van der Waals surface area contributed by atoms with E-state index in [1.165, 1.54) is 27.6 Å². The molecule has 4 rings (SSSR count). The van der Waals surface area contributed by atoms with Gasteiger partial charge < -0.3 is 4.90 Å². The fraction of sp³-hybridized carbons (Fsp3) is 0.250. The molecule has 0 bridgehead atoms. The number of amides is 1. The number of carbonyl (C=O) groups excluding carboxylic acids is 1. The van der Waals surface area contributed by atoms with Crippen LogP contribution in [0.25, 0.3) is 5.65 Å². The van der Waals surface area contributed by atoms with Crippen molar-refractivity contribution in [2.45, 2.75) is 25.9 Å². The molecule has 28 heavy (non-hydrogen) atoms. The molecular weight excluding hydrogens is 371 g/mol. The van der Waals surface area contributed by atoms with Gasteiger partial charge in [0, 0.05) is 24.6 Å². The van der Waals surface area contributed by atoms with E-state index in [2.05, 4.69) is 4.98 Å². The molecule has 0 N–H and O–H groups in total. The normalized spacial score (nSPS) is 14.2. The van der Waals surface area contributed by atoms with Crippen molar-refractivity contribution in [3.63, 3.8) is 0 Å². The Morgan fingerprint density at radius 2 is 1.96 bits per heavy atom. The van der Waals surface area contributed by atoms with Gasteiger partial charge in [-0.15, -0.1) is 0 Å². The zero-order valence-electron chi connectivity index (χ0n) is 15.0. The summed E-state index contributed by atoms with van der Waals surface area (Å²) in [5, 5.41) is 0. The maximum atomic E-state index is 13.3. The van der Waals surface area contributed by atoms with Gasteiger partial charge in [0.2, 0.25) is 0 Å². The predicted octanol–water partition coefficient (Wildman–Crippen LogP) is 3.61. The number of anilines is 1. The van der Waals surface area contributed by atoms with Crippen LogP contribution in [-0.4, -0.2) is 21.8 Å². The van der Waals surface area contributed by atoms with Crippen molar-refractivity contribution in [3.8, 4) is 0 Å². The number of hydrogen-bond donors (Lipinski definition) is 0. The lowest BCUT2D eigenvalue weighted by Gasteiger charge is -2.31. The van der Waals surface area contributed by atoms with Crippen molar-refractivity contribution in [1.29, 1.82) is 0 Å². The van der Waals surface area contributed by atoms with Gasteiger partial charge in [-0.3, -0.25) is 14.0 Å². The highest BCUT2D eigenvalue weighted by Crippen LogP contribution is 2.39. The highest BCUT2D eigenvalue weighted by molar-refractivity contribution is 6.06. The standard InChI is InChI=1S/C20H16F3N3O2/c1-12-7-8-17-24-10-14(19(28)26(17)11-12)18(27)25-9-3-4-13-15(20(21,22)23)5-2-6-16(13)25/h2,5-8,10-11H,3-4,9H2,1H3. The van der Waals surface area contributed by atoms with Crippen molar-refractivity contribution in [3.05, 3.63) is 75.3 Å². The van der Waals surface area contributed by atoms with Crippen LogP contribution in [0.3, 0.4) is 0 Å². The van der Waals surface area contributed by atoms with Crippen LogP contribution < -0.4 is 10.5 Å². The minimum atomic E-state index is -4.50. The van der Waals surface area contributed by atoms with E-state index in [1.807, 2.05) is 0 Å². The Morgan fingerprint density at radius 1 is 1.18 bits per heavy atom.